The molecule has 0 spiro atoms. The van der Waals surface area contributed by atoms with E-state index >= 15 is 0 Å². The highest BCUT2D eigenvalue weighted by Crippen LogP contribution is 2.34. The average molecular weight is 386 g/mol. The largest absolute Gasteiger partial charge is 0.493 e. The SMILES string of the molecule is COc1cc(CNCCC2=CCCCC2)c(Cl)cc1OCc1ccccc1. The predicted octanol–water partition coefficient (Wildman–Crippen LogP) is 5.91. The first kappa shape index (κ1) is 19.8. The average Bonchev–Trinajstić information content (AvgIpc) is 2.72. The minimum absolute atomic E-state index is 0.486. The van der Waals surface area contributed by atoms with Gasteiger partial charge in [0.05, 0.1) is 7.11 Å². The minimum atomic E-state index is 0.486. The van der Waals surface area contributed by atoms with Gasteiger partial charge in [0.2, 0.25) is 0 Å². The summed E-state index contributed by atoms with van der Waals surface area (Å²) >= 11 is 6.48. The molecule has 3 nitrogen and oxygen atoms in total. The number of methoxy groups -OCH3 is 1. The molecule has 3 rings (SSSR count). The Bertz CT molecular complexity index is 758. The molecule has 2 aromatic rings. The standard InChI is InChI=1S/C23H28ClNO2/c1-26-22-14-20(16-25-13-12-18-8-4-2-5-9-18)21(24)15-23(22)27-17-19-10-6-3-7-11-19/h3,6-8,10-11,14-15,25H,2,4-5,9,12-13,16-17H2,1H3. The summed E-state index contributed by atoms with van der Waals surface area (Å²) in [5.74, 6) is 1.38. The zero-order valence-electron chi connectivity index (χ0n) is 16.0. The van der Waals surface area contributed by atoms with Gasteiger partial charge in [-0.05, 0) is 55.8 Å². The molecule has 1 aliphatic carbocycles. The quantitative estimate of drug-likeness (QED) is 0.430. The highest BCUT2D eigenvalue weighted by Gasteiger charge is 2.11. The van der Waals surface area contributed by atoms with Crippen molar-refractivity contribution < 1.29 is 9.47 Å². The van der Waals surface area contributed by atoms with E-state index in [-0.39, 0.29) is 0 Å². The monoisotopic (exact) mass is 385 g/mol. The van der Waals surface area contributed by atoms with Crippen LogP contribution in [0.4, 0.5) is 0 Å². The van der Waals surface area contributed by atoms with Gasteiger partial charge < -0.3 is 14.8 Å². The molecule has 0 amide bonds. The molecule has 0 unspecified atom stereocenters. The molecule has 1 aliphatic rings. The molecule has 144 valence electrons. The van der Waals surface area contributed by atoms with Gasteiger partial charge in [-0.15, -0.1) is 0 Å². The molecule has 0 aliphatic heterocycles. The second-order valence-electron chi connectivity index (χ2n) is 6.90. The van der Waals surface area contributed by atoms with E-state index in [1.165, 1.54) is 25.7 Å². The lowest BCUT2D eigenvalue weighted by Crippen LogP contribution is -2.16. The summed E-state index contributed by atoms with van der Waals surface area (Å²) in [6.07, 6.45) is 8.68. The Hall–Kier alpha value is -1.97. The third kappa shape index (κ3) is 6.02. The number of halogens is 1. The van der Waals surface area contributed by atoms with Gasteiger partial charge in [0.15, 0.2) is 11.5 Å². The van der Waals surface area contributed by atoms with Crippen LogP contribution in [0.25, 0.3) is 0 Å². The summed E-state index contributed by atoms with van der Waals surface area (Å²) < 4.78 is 11.4. The Balaban J connectivity index is 1.55. The van der Waals surface area contributed by atoms with Gasteiger partial charge in [0.1, 0.15) is 6.61 Å². The number of hydrogen-bond donors (Lipinski definition) is 1. The van der Waals surface area contributed by atoms with Crippen molar-refractivity contribution in [3.8, 4) is 11.5 Å². The molecule has 1 N–H and O–H groups in total. The molecular weight excluding hydrogens is 358 g/mol. The van der Waals surface area contributed by atoms with E-state index in [0.717, 1.165) is 30.6 Å². The summed E-state index contributed by atoms with van der Waals surface area (Å²) in [4.78, 5) is 0. The van der Waals surface area contributed by atoms with Crippen LogP contribution in [0.15, 0.2) is 54.1 Å². The second-order valence-corrected chi connectivity index (χ2v) is 7.31. The Kier molecular flexibility index (Phi) is 7.61. The van der Waals surface area contributed by atoms with Crippen molar-refractivity contribution in [2.75, 3.05) is 13.7 Å². The second kappa shape index (κ2) is 10.4. The Morgan fingerprint density at radius 2 is 1.93 bits per heavy atom. The summed E-state index contributed by atoms with van der Waals surface area (Å²) in [5, 5.41) is 4.19. The molecule has 0 atom stereocenters. The smallest absolute Gasteiger partial charge is 0.163 e. The van der Waals surface area contributed by atoms with Crippen LogP contribution < -0.4 is 14.8 Å². The fraction of sp³-hybridized carbons (Fsp3) is 0.391. The van der Waals surface area contributed by atoms with Crippen LogP contribution in [0.3, 0.4) is 0 Å². The summed E-state index contributed by atoms with van der Waals surface area (Å²) in [6, 6.07) is 13.9. The fourth-order valence-corrected chi connectivity index (χ4v) is 3.54. The number of nitrogens with one attached hydrogen (secondary N) is 1. The summed E-state index contributed by atoms with van der Waals surface area (Å²) in [6.45, 7) is 2.18. The molecule has 0 radical (unpaired) electrons. The molecule has 0 heterocycles. The van der Waals surface area contributed by atoms with Crippen molar-refractivity contribution >= 4 is 11.6 Å². The third-order valence-corrected chi connectivity index (χ3v) is 5.25. The molecule has 2 aromatic carbocycles. The minimum Gasteiger partial charge on any atom is -0.493 e. The maximum absolute atomic E-state index is 6.48. The zero-order chi connectivity index (χ0) is 18.9. The van der Waals surface area contributed by atoms with Gasteiger partial charge in [-0.3, -0.25) is 0 Å². The van der Waals surface area contributed by atoms with Gasteiger partial charge in [-0.1, -0.05) is 53.6 Å². The first-order valence-corrected chi connectivity index (χ1v) is 10.1. The molecule has 0 fully saturated rings. The van der Waals surface area contributed by atoms with Gasteiger partial charge >= 0.3 is 0 Å². The van der Waals surface area contributed by atoms with Gasteiger partial charge in [0.25, 0.3) is 0 Å². The van der Waals surface area contributed by atoms with Crippen LogP contribution in [0.2, 0.25) is 5.02 Å². The number of benzene rings is 2. The van der Waals surface area contributed by atoms with Crippen LogP contribution in [0, 0.1) is 0 Å². The van der Waals surface area contributed by atoms with Crippen LogP contribution in [-0.4, -0.2) is 13.7 Å². The molecule has 4 heteroatoms. The molecule has 27 heavy (non-hydrogen) atoms. The van der Waals surface area contributed by atoms with E-state index in [9.17, 15) is 0 Å². The van der Waals surface area contributed by atoms with Crippen molar-refractivity contribution in [1.82, 2.24) is 5.32 Å². The van der Waals surface area contributed by atoms with E-state index in [2.05, 4.69) is 11.4 Å². The van der Waals surface area contributed by atoms with E-state index in [0.29, 0.717) is 23.1 Å². The third-order valence-electron chi connectivity index (χ3n) is 4.89. The molecule has 0 saturated heterocycles. The summed E-state index contributed by atoms with van der Waals surface area (Å²) in [7, 11) is 1.66. The van der Waals surface area contributed by atoms with Crippen molar-refractivity contribution in [2.45, 2.75) is 45.3 Å². The number of ether oxygens (including phenoxy) is 2. The molecular formula is C23H28ClNO2. The van der Waals surface area contributed by atoms with Crippen molar-refractivity contribution in [1.29, 1.82) is 0 Å². The van der Waals surface area contributed by atoms with Crippen molar-refractivity contribution in [3.05, 3.63) is 70.3 Å². The normalized spacial score (nSPS) is 13.9. The van der Waals surface area contributed by atoms with Crippen molar-refractivity contribution in [2.24, 2.45) is 0 Å². The van der Waals surface area contributed by atoms with Gasteiger partial charge in [0, 0.05) is 17.6 Å². The molecule has 0 bridgehead atoms. The maximum atomic E-state index is 6.48. The highest BCUT2D eigenvalue weighted by molar-refractivity contribution is 6.31. The van der Waals surface area contributed by atoms with Crippen LogP contribution in [-0.2, 0) is 13.2 Å². The lowest BCUT2D eigenvalue weighted by Gasteiger charge is -2.15. The fourth-order valence-electron chi connectivity index (χ4n) is 3.32. The lowest BCUT2D eigenvalue weighted by molar-refractivity contribution is 0.284. The first-order chi connectivity index (χ1) is 13.3. The van der Waals surface area contributed by atoms with Crippen molar-refractivity contribution in [3.63, 3.8) is 0 Å². The van der Waals surface area contributed by atoms with Crippen LogP contribution >= 0.6 is 11.6 Å². The molecule has 0 saturated carbocycles. The number of allylic oxidation sites excluding steroid dienone is 1. The Labute approximate surface area is 167 Å². The Morgan fingerprint density at radius 3 is 2.67 bits per heavy atom. The van der Waals surface area contributed by atoms with Gasteiger partial charge in [-0.25, -0.2) is 0 Å². The topological polar surface area (TPSA) is 30.5 Å². The van der Waals surface area contributed by atoms with E-state index in [1.54, 1.807) is 12.7 Å². The number of hydrogen-bond acceptors (Lipinski definition) is 3. The van der Waals surface area contributed by atoms with E-state index in [1.807, 2.05) is 42.5 Å². The van der Waals surface area contributed by atoms with E-state index < -0.39 is 0 Å². The summed E-state index contributed by atoms with van der Waals surface area (Å²) in [5.41, 5.74) is 3.72. The van der Waals surface area contributed by atoms with E-state index in [4.69, 9.17) is 21.1 Å². The molecule has 0 aromatic heterocycles. The zero-order valence-corrected chi connectivity index (χ0v) is 16.7. The van der Waals surface area contributed by atoms with Crippen LogP contribution in [0.5, 0.6) is 11.5 Å². The Morgan fingerprint density at radius 1 is 1.07 bits per heavy atom. The van der Waals surface area contributed by atoms with Gasteiger partial charge in [-0.2, -0.15) is 0 Å². The highest BCUT2D eigenvalue weighted by atomic mass is 35.5. The first-order valence-electron chi connectivity index (χ1n) is 9.68. The predicted molar refractivity (Wildman–Crippen MR) is 112 cm³/mol. The number of rotatable bonds is 9. The lowest BCUT2D eigenvalue weighted by atomic mass is 9.97. The maximum Gasteiger partial charge on any atom is 0.163 e. The van der Waals surface area contributed by atoms with Crippen LogP contribution in [0.1, 0.15) is 43.2 Å².